The fourth-order valence-corrected chi connectivity index (χ4v) is 1.24. The van der Waals surface area contributed by atoms with Crippen molar-refractivity contribution in [2.75, 3.05) is 13.2 Å². The van der Waals surface area contributed by atoms with E-state index in [4.69, 9.17) is 14.6 Å². The Morgan fingerprint density at radius 2 is 2.27 bits per heavy atom. The van der Waals surface area contributed by atoms with E-state index >= 15 is 0 Å². The fourth-order valence-electron chi connectivity index (χ4n) is 1.24. The second kappa shape index (κ2) is 3.74. The Morgan fingerprint density at radius 1 is 1.55 bits per heavy atom. The van der Waals surface area contributed by atoms with Crippen LogP contribution in [0.4, 0.5) is 0 Å². The van der Waals surface area contributed by atoms with Gasteiger partial charge in [0.2, 0.25) is 0 Å². The monoisotopic (exact) mass is 383 g/mol. The molecule has 2 heterocycles. The first kappa shape index (κ1) is 9.98. The molecule has 0 spiro atoms. The molecule has 4 nitrogen and oxygen atoms in total. The SMILES string of the molecule is OC[C@H]1O[C-]2COC2C1O.[U]. The molecule has 0 radical (unpaired) electrons. The van der Waals surface area contributed by atoms with Gasteiger partial charge in [-0.05, 0) is 6.10 Å². The minimum Gasteiger partial charge on any atom is -0.538 e. The summed E-state index contributed by atoms with van der Waals surface area (Å²) in [6.07, 6.45) is -0.639. The van der Waals surface area contributed by atoms with Crippen LogP contribution in [0.25, 0.3) is 0 Å². The summed E-state index contributed by atoms with van der Waals surface area (Å²) in [6, 6.07) is 0. The van der Waals surface area contributed by atoms with Crippen LogP contribution >= 0.6 is 0 Å². The van der Waals surface area contributed by atoms with E-state index in [0.29, 0.717) is 6.61 Å². The summed E-state index contributed by atoms with van der Waals surface area (Å²) in [5, 5.41) is 17.9. The van der Waals surface area contributed by atoms with E-state index in [1.807, 2.05) is 0 Å². The van der Waals surface area contributed by atoms with Gasteiger partial charge >= 0.3 is 0 Å². The molecule has 0 aromatic carbocycles. The normalized spacial score (nSPS) is 42.5. The van der Waals surface area contributed by atoms with Crippen molar-refractivity contribution in [1.82, 2.24) is 0 Å². The summed E-state index contributed by atoms with van der Waals surface area (Å²) < 4.78 is 10.1. The standard InChI is InChI=1S/C6H9O4.U/c7-1-3-5(8)6-4(10-3)2-9-6;/h3,5-8H,1-2H2;/q-1;/t3-,5?,6?;/m1./s1. The third-order valence-corrected chi connectivity index (χ3v) is 1.90. The van der Waals surface area contributed by atoms with E-state index in [0.717, 1.165) is 6.10 Å². The molecule has 0 bridgehead atoms. The molecule has 0 aromatic rings. The van der Waals surface area contributed by atoms with Crippen molar-refractivity contribution >= 4 is 0 Å². The van der Waals surface area contributed by atoms with E-state index in [9.17, 15) is 5.11 Å². The maximum absolute atomic E-state index is 9.25. The molecule has 0 aromatic heterocycles. The zero-order chi connectivity index (χ0) is 7.14. The van der Waals surface area contributed by atoms with Gasteiger partial charge in [-0.3, -0.25) is 0 Å². The summed E-state index contributed by atoms with van der Waals surface area (Å²) in [6.45, 7) is 0.322. The van der Waals surface area contributed by atoms with Gasteiger partial charge in [-0.2, -0.15) is 0 Å². The summed E-state index contributed by atoms with van der Waals surface area (Å²) in [5.41, 5.74) is 0. The Kier molecular flexibility index (Phi) is 3.39. The van der Waals surface area contributed by atoms with E-state index in [1.165, 1.54) is 0 Å². The van der Waals surface area contributed by atoms with Crippen LogP contribution in [0.3, 0.4) is 0 Å². The van der Waals surface area contributed by atoms with E-state index in [1.54, 1.807) is 0 Å². The predicted molar refractivity (Wildman–Crippen MR) is 30.9 cm³/mol. The zero-order valence-corrected chi connectivity index (χ0v) is 10.0. The summed E-state index contributed by atoms with van der Waals surface area (Å²) in [5.74, 6) is 0. The van der Waals surface area contributed by atoms with Crippen molar-refractivity contribution in [2.24, 2.45) is 0 Å². The van der Waals surface area contributed by atoms with Gasteiger partial charge in [0.05, 0.1) is 18.8 Å². The average Bonchev–Trinajstić information content (AvgIpc) is 2.05. The van der Waals surface area contributed by atoms with Gasteiger partial charge in [0.15, 0.2) is 0 Å². The third-order valence-electron chi connectivity index (χ3n) is 1.90. The number of rotatable bonds is 1. The molecule has 2 N–H and O–H groups in total. The van der Waals surface area contributed by atoms with Crippen molar-refractivity contribution in [2.45, 2.75) is 18.3 Å². The van der Waals surface area contributed by atoms with Gasteiger partial charge in [0.1, 0.15) is 0 Å². The number of aliphatic hydroxyl groups excluding tert-OH is 2. The van der Waals surface area contributed by atoms with Gasteiger partial charge < -0.3 is 19.7 Å². The number of hydrogen-bond donors (Lipinski definition) is 2. The van der Waals surface area contributed by atoms with E-state index in [-0.39, 0.29) is 43.8 Å². The van der Waals surface area contributed by atoms with E-state index < -0.39 is 12.2 Å². The maximum atomic E-state index is 9.25. The van der Waals surface area contributed by atoms with Gasteiger partial charge in [0.25, 0.3) is 0 Å². The molecule has 2 unspecified atom stereocenters. The quantitative estimate of drug-likeness (QED) is 0.551. The Labute approximate surface area is 88.2 Å². The van der Waals surface area contributed by atoms with Crippen LogP contribution in [-0.2, 0) is 9.47 Å². The molecule has 62 valence electrons. The Hall–Kier alpha value is 0.892. The molecule has 3 atom stereocenters. The molecule has 2 rings (SSSR count). The predicted octanol–water partition coefficient (Wildman–Crippen LogP) is -1.33. The molecule has 0 saturated carbocycles. The summed E-state index contributed by atoms with van der Waals surface area (Å²) in [7, 11) is 0. The molecule has 2 fully saturated rings. The van der Waals surface area contributed by atoms with Crippen molar-refractivity contribution in [1.29, 1.82) is 0 Å². The van der Waals surface area contributed by atoms with Crippen LogP contribution in [-0.4, -0.2) is 41.7 Å². The van der Waals surface area contributed by atoms with Crippen molar-refractivity contribution in [3.63, 3.8) is 0 Å². The molecule has 2 aliphatic heterocycles. The van der Waals surface area contributed by atoms with Crippen LogP contribution in [0.1, 0.15) is 0 Å². The van der Waals surface area contributed by atoms with Gasteiger partial charge in [-0.1, -0.05) is 6.61 Å². The van der Waals surface area contributed by atoms with Crippen molar-refractivity contribution in [3.8, 4) is 0 Å². The summed E-state index contributed by atoms with van der Waals surface area (Å²) in [4.78, 5) is 0. The molecule has 5 heteroatoms. The Morgan fingerprint density at radius 3 is 2.55 bits per heavy atom. The number of fused-ring (bicyclic) bond motifs is 1. The minimum absolute atomic E-state index is 0. The zero-order valence-electron chi connectivity index (χ0n) is 5.86. The molecule has 2 aliphatic rings. The largest absolute Gasteiger partial charge is 0.538 e. The topological polar surface area (TPSA) is 58.9 Å². The summed E-state index contributed by atoms with van der Waals surface area (Å²) >= 11 is 0. The second-order valence-corrected chi connectivity index (χ2v) is 2.53. The Balaban J connectivity index is 0.000000605. The van der Waals surface area contributed by atoms with Gasteiger partial charge in [-0.25, -0.2) is 0 Å². The maximum Gasteiger partial charge on any atom is 0.0799 e. The Bertz CT molecular complexity index is 143. The number of hydrogen-bond acceptors (Lipinski definition) is 4. The van der Waals surface area contributed by atoms with Crippen molar-refractivity contribution in [3.05, 3.63) is 6.10 Å². The smallest absolute Gasteiger partial charge is 0.0799 e. The second-order valence-electron chi connectivity index (χ2n) is 2.53. The number of ether oxygens (including phenoxy) is 2. The third kappa shape index (κ3) is 1.51. The number of aliphatic hydroxyl groups is 2. The molecule has 11 heavy (non-hydrogen) atoms. The van der Waals surface area contributed by atoms with Crippen LogP contribution < -0.4 is 0 Å². The fraction of sp³-hybridized carbons (Fsp3) is 0.833. The van der Waals surface area contributed by atoms with Gasteiger partial charge in [-0.15, -0.1) is 6.10 Å². The van der Waals surface area contributed by atoms with Crippen LogP contribution in [0.5, 0.6) is 0 Å². The van der Waals surface area contributed by atoms with Crippen LogP contribution in [0.15, 0.2) is 0 Å². The first-order chi connectivity index (χ1) is 4.83. The van der Waals surface area contributed by atoms with Crippen LogP contribution in [0, 0.1) is 37.2 Å². The van der Waals surface area contributed by atoms with E-state index in [2.05, 4.69) is 0 Å². The molecule has 0 amide bonds. The first-order valence-corrected chi connectivity index (χ1v) is 3.26. The molecular formula is C6H9O4U-. The van der Waals surface area contributed by atoms with Gasteiger partial charge in [0, 0.05) is 31.1 Å². The minimum atomic E-state index is -0.672. The molecule has 0 aliphatic carbocycles. The molecular weight excluding hydrogens is 374 g/mol. The average molecular weight is 383 g/mol. The first-order valence-electron chi connectivity index (χ1n) is 3.26. The molecule has 2 saturated heterocycles. The van der Waals surface area contributed by atoms with Crippen molar-refractivity contribution < 1.29 is 50.8 Å². The van der Waals surface area contributed by atoms with Crippen LogP contribution in [0.2, 0.25) is 0 Å².